The SMILES string of the molecule is CC(C)c1[nH]c(=O)ccc1C(=O)NCCCn1ccc2ccccc21. The summed E-state index contributed by atoms with van der Waals surface area (Å²) in [6.07, 6.45) is 2.91. The van der Waals surface area contributed by atoms with E-state index in [4.69, 9.17) is 0 Å². The standard InChI is InChI=1S/C20H23N3O2/c1-14(2)19-16(8-9-18(24)22-19)20(25)21-11-5-12-23-13-10-15-6-3-4-7-17(15)23/h3-4,6-10,13-14H,5,11-12H2,1-2H3,(H,21,25)(H,22,24). The van der Waals surface area contributed by atoms with Gasteiger partial charge in [0.1, 0.15) is 0 Å². The molecule has 0 saturated carbocycles. The van der Waals surface area contributed by atoms with Gasteiger partial charge in [-0.15, -0.1) is 0 Å². The highest BCUT2D eigenvalue weighted by atomic mass is 16.1. The summed E-state index contributed by atoms with van der Waals surface area (Å²) in [6.45, 7) is 5.34. The summed E-state index contributed by atoms with van der Waals surface area (Å²) in [5, 5.41) is 4.17. The van der Waals surface area contributed by atoms with Gasteiger partial charge in [-0.25, -0.2) is 0 Å². The fraction of sp³-hybridized carbons (Fsp3) is 0.300. The van der Waals surface area contributed by atoms with Crippen LogP contribution in [0.25, 0.3) is 10.9 Å². The van der Waals surface area contributed by atoms with Gasteiger partial charge in [0.15, 0.2) is 0 Å². The van der Waals surface area contributed by atoms with Crippen LogP contribution < -0.4 is 10.9 Å². The van der Waals surface area contributed by atoms with E-state index in [1.807, 2.05) is 26.0 Å². The monoisotopic (exact) mass is 337 g/mol. The molecule has 2 aromatic heterocycles. The van der Waals surface area contributed by atoms with E-state index in [1.54, 1.807) is 6.07 Å². The van der Waals surface area contributed by atoms with E-state index in [-0.39, 0.29) is 17.4 Å². The maximum absolute atomic E-state index is 12.4. The van der Waals surface area contributed by atoms with Crippen molar-refractivity contribution >= 4 is 16.8 Å². The fourth-order valence-electron chi connectivity index (χ4n) is 3.03. The number of pyridine rings is 1. The number of H-pyrrole nitrogens is 1. The molecule has 3 aromatic rings. The minimum absolute atomic E-state index is 0.0842. The van der Waals surface area contributed by atoms with Crippen LogP contribution in [0.3, 0.4) is 0 Å². The number of rotatable bonds is 6. The molecule has 25 heavy (non-hydrogen) atoms. The van der Waals surface area contributed by atoms with Crippen LogP contribution in [0, 0.1) is 0 Å². The molecule has 2 heterocycles. The Morgan fingerprint density at radius 3 is 2.76 bits per heavy atom. The average molecular weight is 337 g/mol. The molecule has 0 unspecified atom stereocenters. The number of carbonyl (C=O) groups is 1. The van der Waals surface area contributed by atoms with Crippen LogP contribution in [-0.2, 0) is 6.54 Å². The van der Waals surface area contributed by atoms with Crippen LogP contribution >= 0.6 is 0 Å². The van der Waals surface area contributed by atoms with E-state index in [0.717, 1.165) is 13.0 Å². The lowest BCUT2D eigenvalue weighted by atomic mass is 10.0. The van der Waals surface area contributed by atoms with E-state index < -0.39 is 0 Å². The summed E-state index contributed by atoms with van der Waals surface area (Å²) in [4.78, 5) is 26.7. The van der Waals surface area contributed by atoms with Gasteiger partial charge in [0, 0.05) is 36.6 Å². The van der Waals surface area contributed by atoms with Crippen LogP contribution in [0.1, 0.15) is 42.2 Å². The Bertz CT molecular complexity index is 937. The molecule has 3 rings (SSSR count). The molecular formula is C20H23N3O2. The topological polar surface area (TPSA) is 66.9 Å². The fourth-order valence-corrected chi connectivity index (χ4v) is 3.03. The number of nitrogens with zero attached hydrogens (tertiary/aromatic N) is 1. The van der Waals surface area contributed by atoms with Crippen LogP contribution in [0.2, 0.25) is 0 Å². The van der Waals surface area contributed by atoms with Gasteiger partial charge in [-0.3, -0.25) is 9.59 Å². The summed E-state index contributed by atoms with van der Waals surface area (Å²) in [5.74, 6) is -0.0572. The normalized spacial score (nSPS) is 11.2. The number of nitrogens with one attached hydrogen (secondary N) is 2. The van der Waals surface area contributed by atoms with Crippen LogP contribution in [0.15, 0.2) is 53.5 Å². The van der Waals surface area contributed by atoms with Gasteiger partial charge >= 0.3 is 0 Å². The minimum Gasteiger partial charge on any atom is -0.352 e. The number of aryl methyl sites for hydroxylation is 1. The molecule has 0 spiro atoms. The maximum Gasteiger partial charge on any atom is 0.253 e. The quantitative estimate of drug-likeness (QED) is 0.678. The number of fused-ring (bicyclic) bond motifs is 1. The van der Waals surface area contributed by atoms with E-state index in [1.165, 1.54) is 17.0 Å². The van der Waals surface area contributed by atoms with Crippen molar-refractivity contribution in [3.63, 3.8) is 0 Å². The molecule has 0 aliphatic carbocycles. The first-order valence-electron chi connectivity index (χ1n) is 8.61. The number of para-hydroxylation sites is 1. The number of hydrogen-bond acceptors (Lipinski definition) is 2. The van der Waals surface area contributed by atoms with Gasteiger partial charge in [0.25, 0.3) is 5.91 Å². The molecule has 0 atom stereocenters. The summed E-state index contributed by atoms with van der Waals surface area (Å²) >= 11 is 0. The second-order valence-electron chi connectivity index (χ2n) is 6.48. The molecule has 0 fully saturated rings. The van der Waals surface area contributed by atoms with Crippen LogP contribution in [0.5, 0.6) is 0 Å². The lowest BCUT2D eigenvalue weighted by molar-refractivity contribution is 0.0951. The van der Waals surface area contributed by atoms with Crippen molar-refractivity contribution in [2.45, 2.75) is 32.7 Å². The third-order valence-corrected chi connectivity index (χ3v) is 4.31. The third kappa shape index (κ3) is 3.82. The van der Waals surface area contributed by atoms with E-state index in [0.29, 0.717) is 17.8 Å². The maximum atomic E-state index is 12.4. The van der Waals surface area contributed by atoms with Crippen molar-refractivity contribution in [3.05, 3.63) is 70.3 Å². The predicted molar refractivity (Wildman–Crippen MR) is 100 cm³/mol. The summed E-state index contributed by atoms with van der Waals surface area (Å²) in [5.41, 5.74) is 2.25. The van der Waals surface area contributed by atoms with E-state index in [9.17, 15) is 9.59 Å². The summed E-state index contributed by atoms with van der Waals surface area (Å²) < 4.78 is 2.20. The second kappa shape index (κ2) is 7.38. The molecule has 0 aliphatic heterocycles. The van der Waals surface area contributed by atoms with Gasteiger partial charge in [-0.2, -0.15) is 0 Å². The molecule has 2 N–H and O–H groups in total. The molecule has 0 bridgehead atoms. The number of benzene rings is 1. The number of hydrogen-bond donors (Lipinski definition) is 2. The Balaban J connectivity index is 1.59. The molecule has 5 nitrogen and oxygen atoms in total. The minimum atomic E-state index is -0.181. The van der Waals surface area contributed by atoms with Crippen molar-refractivity contribution in [3.8, 4) is 0 Å². The van der Waals surface area contributed by atoms with Gasteiger partial charge in [0.2, 0.25) is 5.56 Å². The molecule has 5 heteroatoms. The Hall–Kier alpha value is -2.82. The van der Waals surface area contributed by atoms with E-state index in [2.05, 4.69) is 39.3 Å². The van der Waals surface area contributed by atoms with Gasteiger partial charge in [-0.1, -0.05) is 32.0 Å². The van der Waals surface area contributed by atoms with Crippen molar-refractivity contribution in [1.29, 1.82) is 0 Å². The number of aromatic nitrogens is 2. The second-order valence-corrected chi connectivity index (χ2v) is 6.48. The number of aromatic amines is 1. The lowest BCUT2D eigenvalue weighted by Crippen LogP contribution is -2.28. The summed E-state index contributed by atoms with van der Waals surface area (Å²) in [6, 6.07) is 13.4. The predicted octanol–water partition coefficient (Wildman–Crippen LogP) is 3.27. The Morgan fingerprint density at radius 2 is 1.96 bits per heavy atom. The van der Waals surface area contributed by atoms with Crippen molar-refractivity contribution in [2.75, 3.05) is 6.54 Å². The highest BCUT2D eigenvalue weighted by molar-refractivity contribution is 5.95. The smallest absolute Gasteiger partial charge is 0.253 e. The first-order chi connectivity index (χ1) is 12.1. The molecular weight excluding hydrogens is 314 g/mol. The molecule has 1 amide bonds. The average Bonchev–Trinajstić information content (AvgIpc) is 3.01. The first-order valence-corrected chi connectivity index (χ1v) is 8.61. The largest absolute Gasteiger partial charge is 0.352 e. The van der Waals surface area contributed by atoms with E-state index >= 15 is 0 Å². The molecule has 0 aliphatic rings. The molecule has 0 saturated heterocycles. The highest BCUT2D eigenvalue weighted by Gasteiger charge is 2.14. The third-order valence-electron chi connectivity index (χ3n) is 4.31. The van der Waals surface area contributed by atoms with Crippen molar-refractivity contribution < 1.29 is 4.79 Å². The Morgan fingerprint density at radius 1 is 1.16 bits per heavy atom. The lowest BCUT2D eigenvalue weighted by Gasteiger charge is -2.12. The molecule has 130 valence electrons. The zero-order valence-electron chi connectivity index (χ0n) is 14.6. The first kappa shape index (κ1) is 17.0. The number of amides is 1. The zero-order chi connectivity index (χ0) is 17.8. The molecule has 1 aromatic carbocycles. The Labute approximate surface area is 146 Å². The number of carbonyl (C=O) groups excluding carboxylic acids is 1. The molecule has 0 radical (unpaired) electrons. The van der Waals surface area contributed by atoms with Gasteiger partial charge in [-0.05, 0) is 35.9 Å². The van der Waals surface area contributed by atoms with Crippen LogP contribution in [-0.4, -0.2) is 22.0 Å². The van der Waals surface area contributed by atoms with Crippen molar-refractivity contribution in [1.82, 2.24) is 14.9 Å². The summed E-state index contributed by atoms with van der Waals surface area (Å²) in [7, 11) is 0. The van der Waals surface area contributed by atoms with Crippen molar-refractivity contribution in [2.24, 2.45) is 0 Å². The van der Waals surface area contributed by atoms with Gasteiger partial charge < -0.3 is 14.9 Å². The van der Waals surface area contributed by atoms with Gasteiger partial charge in [0.05, 0.1) is 5.56 Å². The zero-order valence-corrected chi connectivity index (χ0v) is 14.6. The Kier molecular flexibility index (Phi) is 5.03. The van der Waals surface area contributed by atoms with Crippen LogP contribution in [0.4, 0.5) is 0 Å². The highest BCUT2D eigenvalue weighted by Crippen LogP contribution is 2.16.